The highest BCUT2D eigenvalue weighted by molar-refractivity contribution is 7.93. The number of nitrogens with two attached hydrogens (primary N) is 1. The normalized spacial score (nSPS) is 19.4. The molecule has 0 saturated carbocycles. The lowest BCUT2D eigenvalue weighted by atomic mass is 9.85. The maximum Gasteiger partial charge on any atom is 0.234 e. The van der Waals surface area contributed by atoms with Crippen LogP contribution in [0.3, 0.4) is 0 Å². The third kappa shape index (κ3) is 4.68. The van der Waals surface area contributed by atoms with Crippen LogP contribution in [0.1, 0.15) is 38.3 Å². The minimum atomic E-state index is -3.96. The van der Waals surface area contributed by atoms with E-state index >= 15 is 0 Å². The molecule has 1 aliphatic carbocycles. The predicted octanol–water partition coefficient (Wildman–Crippen LogP) is 2.46. The van der Waals surface area contributed by atoms with E-state index in [4.69, 9.17) is 5.14 Å². The Morgan fingerprint density at radius 1 is 1.33 bits per heavy atom. The molecule has 1 heterocycles. The van der Waals surface area contributed by atoms with Gasteiger partial charge in [-0.15, -0.1) is 0 Å². The van der Waals surface area contributed by atoms with Crippen molar-refractivity contribution in [2.24, 2.45) is 5.14 Å². The molecule has 9 heteroatoms. The number of primary sulfonamides is 1. The molecular weight excluding hydrogens is 407 g/mol. The average molecular weight is 433 g/mol. The topological polar surface area (TPSA) is 107 Å². The van der Waals surface area contributed by atoms with E-state index in [-0.39, 0.29) is 28.8 Å². The van der Waals surface area contributed by atoms with E-state index < -0.39 is 27.3 Å². The molecule has 0 fully saturated rings. The van der Waals surface area contributed by atoms with Crippen molar-refractivity contribution in [2.45, 2.75) is 44.7 Å². The van der Waals surface area contributed by atoms with Gasteiger partial charge in [0, 0.05) is 18.2 Å². The summed E-state index contributed by atoms with van der Waals surface area (Å²) in [4.78, 5) is 12.8. The first-order valence-corrected chi connectivity index (χ1v) is 11.0. The summed E-state index contributed by atoms with van der Waals surface area (Å²) in [6.07, 6.45) is 7.74. The van der Waals surface area contributed by atoms with Gasteiger partial charge in [0.2, 0.25) is 15.9 Å². The molecule has 7 nitrogen and oxygen atoms in total. The quantitative estimate of drug-likeness (QED) is 0.757. The van der Waals surface area contributed by atoms with Crippen molar-refractivity contribution in [3.05, 3.63) is 76.7 Å². The number of sulfonamides is 1. The highest BCUT2D eigenvalue weighted by Crippen LogP contribution is 2.35. The maximum atomic E-state index is 14.0. The van der Waals surface area contributed by atoms with Gasteiger partial charge in [0.1, 0.15) is 5.82 Å². The Morgan fingerprint density at radius 2 is 2.03 bits per heavy atom. The van der Waals surface area contributed by atoms with Crippen LogP contribution >= 0.6 is 0 Å². The number of rotatable bonds is 5. The maximum absolute atomic E-state index is 14.0. The monoisotopic (exact) mass is 432 g/mol. The van der Waals surface area contributed by atoms with E-state index in [1.165, 1.54) is 18.2 Å². The summed E-state index contributed by atoms with van der Waals surface area (Å²) < 4.78 is 39.7. The second kappa shape index (κ2) is 7.81. The van der Waals surface area contributed by atoms with Crippen LogP contribution in [0.5, 0.6) is 0 Å². The van der Waals surface area contributed by atoms with Crippen LogP contribution in [0.4, 0.5) is 4.39 Å². The number of nitrogens with one attached hydrogen (secondary N) is 1. The van der Waals surface area contributed by atoms with E-state index in [2.05, 4.69) is 10.4 Å². The standard InChI is InChI=1S/C21H25FN4O3S/c1-20(2,3)26-14-16(13-24-26)21(10-6-8-17(12-21)30(23,28)29)25-19(27)11-15-7-4-5-9-18(15)22/h4-10,13-14H,11-12H2,1-3H3,(H,25,27)(H2,23,28,29). The molecule has 30 heavy (non-hydrogen) atoms. The highest BCUT2D eigenvalue weighted by atomic mass is 32.2. The van der Waals surface area contributed by atoms with E-state index in [1.807, 2.05) is 20.8 Å². The van der Waals surface area contributed by atoms with Gasteiger partial charge in [0.15, 0.2) is 0 Å². The van der Waals surface area contributed by atoms with Crippen LogP contribution in [-0.4, -0.2) is 24.1 Å². The number of hydrogen-bond acceptors (Lipinski definition) is 4. The van der Waals surface area contributed by atoms with Gasteiger partial charge in [-0.25, -0.2) is 17.9 Å². The van der Waals surface area contributed by atoms with Crippen LogP contribution in [0.25, 0.3) is 0 Å². The van der Waals surface area contributed by atoms with Gasteiger partial charge < -0.3 is 5.32 Å². The van der Waals surface area contributed by atoms with Crippen molar-refractivity contribution in [2.75, 3.05) is 0 Å². The molecule has 0 aliphatic heterocycles. The van der Waals surface area contributed by atoms with Crippen LogP contribution in [0, 0.1) is 5.82 Å². The number of carbonyl (C=O) groups is 1. The molecule has 2 aromatic rings. The van der Waals surface area contributed by atoms with E-state index in [0.29, 0.717) is 5.56 Å². The molecule has 0 saturated heterocycles. The van der Waals surface area contributed by atoms with Crippen LogP contribution in [0.2, 0.25) is 0 Å². The third-order valence-corrected chi connectivity index (χ3v) is 5.95. The average Bonchev–Trinajstić information content (AvgIpc) is 3.14. The van der Waals surface area contributed by atoms with Crippen molar-refractivity contribution < 1.29 is 17.6 Å². The Morgan fingerprint density at radius 3 is 2.63 bits per heavy atom. The Balaban J connectivity index is 1.98. The number of nitrogens with zero attached hydrogens (tertiary/aromatic N) is 2. The number of carbonyl (C=O) groups excluding carboxylic acids is 1. The second-order valence-corrected chi connectivity index (χ2v) is 9.96. The molecule has 3 rings (SSSR count). The predicted molar refractivity (Wildman–Crippen MR) is 112 cm³/mol. The Kier molecular flexibility index (Phi) is 5.70. The summed E-state index contributed by atoms with van der Waals surface area (Å²) in [7, 11) is -3.96. The molecule has 1 aromatic heterocycles. The fraction of sp³-hybridized carbons (Fsp3) is 0.333. The molecular formula is C21H25FN4O3S. The number of hydrogen-bond donors (Lipinski definition) is 2. The third-order valence-electron chi connectivity index (χ3n) is 4.94. The first-order valence-electron chi connectivity index (χ1n) is 9.42. The zero-order valence-corrected chi connectivity index (χ0v) is 17.9. The largest absolute Gasteiger partial charge is 0.342 e. The lowest BCUT2D eigenvalue weighted by Crippen LogP contribution is -2.47. The SMILES string of the molecule is CC(C)(C)n1cc(C2(NC(=O)Cc3ccccc3F)C=CC=C(S(N)(=O)=O)C2)cn1. The number of halogens is 1. The summed E-state index contributed by atoms with van der Waals surface area (Å²) >= 11 is 0. The van der Waals surface area contributed by atoms with Crippen molar-refractivity contribution in [1.82, 2.24) is 15.1 Å². The molecule has 1 atom stereocenters. The smallest absolute Gasteiger partial charge is 0.234 e. The Hall–Kier alpha value is -2.78. The van der Waals surface area contributed by atoms with Crippen molar-refractivity contribution in [1.29, 1.82) is 0 Å². The minimum absolute atomic E-state index is 0.0142. The Labute approximate surface area is 175 Å². The summed E-state index contributed by atoms with van der Waals surface area (Å²) in [6, 6.07) is 6.02. The number of aromatic nitrogens is 2. The Bertz CT molecular complexity index is 1130. The van der Waals surface area contributed by atoms with E-state index in [0.717, 1.165) is 0 Å². The molecule has 1 amide bonds. The highest BCUT2D eigenvalue weighted by Gasteiger charge is 2.38. The first-order chi connectivity index (χ1) is 13.9. The molecule has 160 valence electrons. The lowest BCUT2D eigenvalue weighted by molar-refractivity contribution is -0.122. The zero-order chi connectivity index (χ0) is 22.2. The number of benzene rings is 1. The fourth-order valence-electron chi connectivity index (χ4n) is 3.29. The van der Waals surface area contributed by atoms with Crippen molar-refractivity contribution in [3.8, 4) is 0 Å². The zero-order valence-electron chi connectivity index (χ0n) is 17.1. The number of allylic oxidation sites excluding steroid dienone is 2. The van der Waals surface area contributed by atoms with Gasteiger partial charge in [-0.05, 0) is 38.5 Å². The first kappa shape index (κ1) is 21.9. The minimum Gasteiger partial charge on any atom is -0.342 e. The van der Waals surface area contributed by atoms with Gasteiger partial charge in [-0.3, -0.25) is 9.48 Å². The van der Waals surface area contributed by atoms with E-state index in [9.17, 15) is 17.6 Å². The molecule has 0 bridgehead atoms. The summed E-state index contributed by atoms with van der Waals surface area (Å²) in [5.74, 6) is -0.935. The van der Waals surface area contributed by atoms with Crippen molar-refractivity contribution >= 4 is 15.9 Å². The number of amides is 1. The van der Waals surface area contributed by atoms with Crippen LogP contribution in [-0.2, 0) is 32.3 Å². The molecule has 0 radical (unpaired) electrons. The van der Waals surface area contributed by atoms with Gasteiger partial charge in [-0.2, -0.15) is 5.10 Å². The second-order valence-electron chi connectivity index (χ2n) is 8.35. The van der Waals surface area contributed by atoms with Gasteiger partial charge in [0.05, 0.1) is 28.6 Å². The molecule has 0 spiro atoms. The molecule has 1 aromatic carbocycles. The summed E-state index contributed by atoms with van der Waals surface area (Å²) in [5.41, 5.74) is -0.641. The van der Waals surface area contributed by atoms with Gasteiger partial charge in [0.25, 0.3) is 0 Å². The van der Waals surface area contributed by atoms with Gasteiger partial charge in [-0.1, -0.05) is 30.4 Å². The molecule has 1 unspecified atom stereocenters. The van der Waals surface area contributed by atoms with Crippen molar-refractivity contribution in [3.63, 3.8) is 0 Å². The lowest BCUT2D eigenvalue weighted by Gasteiger charge is -2.34. The molecule has 1 aliphatic rings. The summed E-state index contributed by atoms with van der Waals surface area (Å²) in [6.45, 7) is 5.92. The van der Waals surface area contributed by atoms with Gasteiger partial charge >= 0.3 is 0 Å². The fourth-order valence-corrected chi connectivity index (χ4v) is 3.99. The molecule has 3 N–H and O–H groups in total. The van der Waals surface area contributed by atoms with Crippen LogP contribution in [0.15, 0.2) is 59.8 Å². The van der Waals surface area contributed by atoms with Crippen LogP contribution < -0.4 is 10.5 Å². The van der Waals surface area contributed by atoms with E-state index in [1.54, 1.807) is 41.4 Å². The summed E-state index contributed by atoms with van der Waals surface area (Å²) in [5, 5.41) is 12.6.